The SMILES string of the molecule is CN(Cc1ccc(F)cc1F)Cn1c(-c2ccccn2)csc1=O. The summed E-state index contributed by atoms with van der Waals surface area (Å²) in [5.41, 5.74) is 1.80. The van der Waals surface area contributed by atoms with E-state index in [0.29, 0.717) is 11.3 Å². The third-order valence-corrected chi connectivity index (χ3v) is 4.31. The van der Waals surface area contributed by atoms with Crippen LogP contribution in [0.15, 0.2) is 52.8 Å². The quantitative estimate of drug-likeness (QED) is 0.710. The van der Waals surface area contributed by atoms with Gasteiger partial charge in [0.1, 0.15) is 11.6 Å². The Morgan fingerprint density at radius 2 is 2.08 bits per heavy atom. The van der Waals surface area contributed by atoms with Gasteiger partial charge in [0, 0.05) is 29.8 Å². The fourth-order valence-electron chi connectivity index (χ4n) is 2.41. The average molecular weight is 347 g/mol. The van der Waals surface area contributed by atoms with E-state index in [9.17, 15) is 13.6 Å². The first-order chi connectivity index (χ1) is 11.5. The van der Waals surface area contributed by atoms with Gasteiger partial charge in [-0.2, -0.15) is 0 Å². The molecule has 3 rings (SSSR count). The van der Waals surface area contributed by atoms with E-state index in [4.69, 9.17) is 0 Å². The van der Waals surface area contributed by atoms with Crippen LogP contribution in [0.2, 0.25) is 0 Å². The summed E-state index contributed by atoms with van der Waals surface area (Å²) in [7, 11) is 1.77. The van der Waals surface area contributed by atoms with Gasteiger partial charge in [0.15, 0.2) is 0 Å². The van der Waals surface area contributed by atoms with Crippen LogP contribution in [-0.2, 0) is 13.2 Å². The Morgan fingerprint density at radius 3 is 2.79 bits per heavy atom. The van der Waals surface area contributed by atoms with Crippen LogP contribution in [-0.4, -0.2) is 21.5 Å². The van der Waals surface area contributed by atoms with Crippen molar-refractivity contribution >= 4 is 11.3 Å². The molecule has 0 saturated heterocycles. The van der Waals surface area contributed by atoms with Gasteiger partial charge in [-0.1, -0.05) is 23.5 Å². The lowest BCUT2D eigenvalue weighted by molar-refractivity contribution is 0.256. The minimum atomic E-state index is -0.606. The minimum absolute atomic E-state index is 0.109. The Hall–Kier alpha value is -2.38. The van der Waals surface area contributed by atoms with E-state index in [0.717, 1.165) is 23.1 Å². The molecular weight excluding hydrogens is 332 g/mol. The lowest BCUT2D eigenvalue weighted by Gasteiger charge is -2.19. The topological polar surface area (TPSA) is 38.1 Å². The Bertz CT molecular complexity index is 892. The van der Waals surface area contributed by atoms with E-state index in [1.807, 2.05) is 18.2 Å². The van der Waals surface area contributed by atoms with Crippen molar-refractivity contribution in [2.45, 2.75) is 13.2 Å². The molecule has 4 nitrogen and oxygen atoms in total. The number of thiazole rings is 1. The van der Waals surface area contributed by atoms with Crippen LogP contribution >= 0.6 is 11.3 Å². The number of hydrogen-bond acceptors (Lipinski definition) is 4. The molecule has 0 aliphatic heterocycles. The summed E-state index contributed by atoms with van der Waals surface area (Å²) < 4.78 is 28.3. The molecule has 0 atom stereocenters. The fraction of sp³-hybridized carbons (Fsp3) is 0.176. The van der Waals surface area contributed by atoms with E-state index in [-0.39, 0.29) is 18.1 Å². The molecule has 0 N–H and O–H groups in total. The highest BCUT2D eigenvalue weighted by atomic mass is 32.1. The van der Waals surface area contributed by atoms with Gasteiger partial charge in [0.25, 0.3) is 0 Å². The second kappa shape index (κ2) is 7.02. The normalized spacial score (nSPS) is 11.2. The Labute approximate surface area is 141 Å². The summed E-state index contributed by atoms with van der Waals surface area (Å²) in [6.45, 7) is 0.543. The second-order valence-corrected chi connectivity index (χ2v) is 6.24. The number of nitrogens with zero attached hydrogens (tertiary/aromatic N) is 3. The molecule has 7 heteroatoms. The second-order valence-electron chi connectivity index (χ2n) is 5.42. The standard InChI is InChI=1S/C17H15F2N3OS/c1-21(9-12-5-6-13(18)8-14(12)19)11-22-16(10-24-17(22)23)15-4-2-3-7-20-15/h2-8,10H,9,11H2,1H3. The van der Waals surface area contributed by atoms with Crippen molar-refractivity contribution in [2.75, 3.05) is 7.05 Å². The van der Waals surface area contributed by atoms with Gasteiger partial charge in [-0.05, 0) is 25.2 Å². The van der Waals surface area contributed by atoms with Gasteiger partial charge in [-0.25, -0.2) is 8.78 Å². The maximum atomic E-state index is 13.8. The number of rotatable bonds is 5. The zero-order chi connectivity index (χ0) is 17.1. The van der Waals surface area contributed by atoms with Crippen molar-refractivity contribution in [3.63, 3.8) is 0 Å². The van der Waals surface area contributed by atoms with E-state index in [1.165, 1.54) is 12.1 Å². The van der Waals surface area contributed by atoms with Crippen molar-refractivity contribution in [3.8, 4) is 11.4 Å². The molecule has 0 spiro atoms. The first kappa shape index (κ1) is 16.5. The molecule has 24 heavy (non-hydrogen) atoms. The highest BCUT2D eigenvalue weighted by molar-refractivity contribution is 7.07. The van der Waals surface area contributed by atoms with Gasteiger partial charge < -0.3 is 0 Å². The lowest BCUT2D eigenvalue weighted by Crippen LogP contribution is -2.27. The summed E-state index contributed by atoms with van der Waals surface area (Å²) in [5, 5.41) is 1.76. The smallest absolute Gasteiger partial charge is 0.284 e. The van der Waals surface area contributed by atoms with Crippen molar-refractivity contribution in [2.24, 2.45) is 0 Å². The minimum Gasteiger partial charge on any atom is -0.284 e. The highest BCUT2D eigenvalue weighted by Gasteiger charge is 2.13. The Balaban J connectivity index is 1.81. The van der Waals surface area contributed by atoms with E-state index in [2.05, 4.69) is 4.98 Å². The van der Waals surface area contributed by atoms with Crippen LogP contribution in [0, 0.1) is 11.6 Å². The molecule has 0 amide bonds. The van der Waals surface area contributed by atoms with Crippen LogP contribution < -0.4 is 4.87 Å². The highest BCUT2D eigenvalue weighted by Crippen LogP contribution is 2.18. The Morgan fingerprint density at radius 1 is 1.25 bits per heavy atom. The lowest BCUT2D eigenvalue weighted by atomic mass is 10.2. The number of aromatic nitrogens is 2. The number of benzene rings is 1. The average Bonchev–Trinajstić information content (AvgIpc) is 2.92. The molecule has 0 bridgehead atoms. The summed E-state index contributed by atoms with van der Waals surface area (Å²) in [6.07, 6.45) is 1.67. The van der Waals surface area contributed by atoms with Crippen molar-refractivity contribution in [1.29, 1.82) is 0 Å². The molecule has 0 unspecified atom stereocenters. The molecular formula is C17H15F2N3OS. The van der Waals surface area contributed by atoms with Crippen molar-refractivity contribution < 1.29 is 8.78 Å². The monoisotopic (exact) mass is 347 g/mol. The van der Waals surface area contributed by atoms with Gasteiger partial charge in [0.05, 0.1) is 18.1 Å². The Kier molecular flexibility index (Phi) is 4.82. The largest absolute Gasteiger partial charge is 0.308 e. The predicted octanol–water partition coefficient (Wildman–Crippen LogP) is 3.34. The van der Waals surface area contributed by atoms with Crippen LogP contribution in [0.3, 0.4) is 0 Å². The van der Waals surface area contributed by atoms with Crippen LogP contribution in [0.5, 0.6) is 0 Å². The van der Waals surface area contributed by atoms with Crippen LogP contribution in [0.1, 0.15) is 5.56 Å². The first-order valence-corrected chi connectivity index (χ1v) is 8.15. The van der Waals surface area contributed by atoms with E-state index >= 15 is 0 Å². The number of halogens is 2. The molecule has 0 radical (unpaired) electrons. The van der Waals surface area contributed by atoms with Crippen LogP contribution in [0.25, 0.3) is 11.4 Å². The summed E-state index contributed by atoms with van der Waals surface area (Å²) >= 11 is 1.10. The van der Waals surface area contributed by atoms with Crippen molar-refractivity contribution in [1.82, 2.24) is 14.5 Å². The predicted molar refractivity (Wildman–Crippen MR) is 89.6 cm³/mol. The molecule has 0 saturated carbocycles. The molecule has 0 fully saturated rings. The fourth-order valence-corrected chi connectivity index (χ4v) is 3.15. The third-order valence-electron chi connectivity index (χ3n) is 3.55. The molecule has 0 aliphatic carbocycles. The zero-order valence-corrected chi connectivity index (χ0v) is 13.8. The number of hydrogen-bond donors (Lipinski definition) is 0. The van der Waals surface area contributed by atoms with Gasteiger partial charge in [0.2, 0.25) is 0 Å². The molecule has 0 aliphatic rings. The van der Waals surface area contributed by atoms with E-state index < -0.39 is 11.6 Å². The van der Waals surface area contributed by atoms with Gasteiger partial charge >= 0.3 is 4.87 Å². The summed E-state index contributed by atoms with van der Waals surface area (Å²) in [6, 6.07) is 8.99. The summed E-state index contributed by atoms with van der Waals surface area (Å²) in [4.78, 5) is 18.1. The van der Waals surface area contributed by atoms with Gasteiger partial charge in [-0.15, -0.1) is 0 Å². The molecule has 2 heterocycles. The zero-order valence-electron chi connectivity index (χ0n) is 12.9. The maximum Gasteiger partial charge on any atom is 0.308 e. The van der Waals surface area contributed by atoms with Gasteiger partial charge in [-0.3, -0.25) is 19.2 Å². The third kappa shape index (κ3) is 3.58. The molecule has 2 aromatic heterocycles. The number of pyridine rings is 1. The summed E-state index contributed by atoms with van der Waals surface area (Å²) in [5.74, 6) is -1.20. The van der Waals surface area contributed by atoms with E-state index in [1.54, 1.807) is 28.1 Å². The van der Waals surface area contributed by atoms with Crippen LogP contribution in [0.4, 0.5) is 8.78 Å². The first-order valence-electron chi connectivity index (χ1n) is 7.27. The molecule has 1 aromatic carbocycles. The van der Waals surface area contributed by atoms with Crippen molar-refractivity contribution in [3.05, 3.63) is 74.8 Å². The molecule has 124 valence electrons. The molecule has 3 aromatic rings. The maximum absolute atomic E-state index is 13.8.